The summed E-state index contributed by atoms with van der Waals surface area (Å²) in [6.45, 7) is 1.95. The number of hydrogen-bond acceptors (Lipinski definition) is 6. The maximum absolute atomic E-state index is 12.6. The van der Waals surface area contributed by atoms with Gasteiger partial charge in [-0.15, -0.1) is 0 Å². The van der Waals surface area contributed by atoms with E-state index in [2.05, 4.69) is 31.8 Å². The van der Waals surface area contributed by atoms with Crippen LogP contribution < -0.4 is 20.2 Å². The first kappa shape index (κ1) is 27.3. The summed E-state index contributed by atoms with van der Waals surface area (Å²) < 4.78 is 11.4. The minimum Gasteiger partial charge on any atom is -0.497 e. The Morgan fingerprint density at radius 2 is 1.41 bits per heavy atom. The summed E-state index contributed by atoms with van der Waals surface area (Å²) in [5.41, 5.74) is 5.79. The molecule has 2 amide bonds. The molecule has 0 aromatic heterocycles. The SMILES string of the molecule is COc1ccc(C(=O)Oc2ccc(Br)cc2/C=N\NC(=O)c2ccc(NC(=O)c3ccc(C)cc3)cc2)cc1. The first-order valence-electron chi connectivity index (χ1n) is 11.8. The lowest BCUT2D eigenvalue weighted by atomic mass is 10.1. The summed E-state index contributed by atoms with van der Waals surface area (Å²) in [6.07, 6.45) is 1.38. The van der Waals surface area contributed by atoms with Crippen molar-refractivity contribution < 1.29 is 23.9 Å². The lowest BCUT2D eigenvalue weighted by Gasteiger charge is -2.09. The number of carbonyl (C=O) groups excluding carboxylic acids is 3. The zero-order valence-electron chi connectivity index (χ0n) is 21.1. The van der Waals surface area contributed by atoms with Crippen LogP contribution in [0, 0.1) is 6.92 Å². The van der Waals surface area contributed by atoms with Crippen molar-refractivity contribution in [1.82, 2.24) is 5.43 Å². The predicted octanol–water partition coefficient (Wildman–Crippen LogP) is 6.00. The van der Waals surface area contributed by atoms with Crippen LogP contribution in [0.25, 0.3) is 0 Å². The largest absolute Gasteiger partial charge is 0.497 e. The molecule has 0 spiro atoms. The Balaban J connectivity index is 1.38. The average molecular weight is 586 g/mol. The number of halogens is 1. The van der Waals surface area contributed by atoms with Crippen LogP contribution in [0.15, 0.2) is 101 Å². The van der Waals surface area contributed by atoms with Crippen molar-refractivity contribution in [1.29, 1.82) is 0 Å². The van der Waals surface area contributed by atoms with E-state index in [0.717, 1.165) is 10.0 Å². The number of methoxy groups -OCH3 is 1. The third-order valence-corrected chi connectivity index (χ3v) is 6.08. The predicted molar refractivity (Wildman–Crippen MR) is 153 cm³/mol. The molecule has 0 aliphatic carbocycles. The van der Waals surface area contributed by atoms with Crippen molar-refractivity contribution in [3.63, 3.8) is 0 Å². The van der Waals surface area contributed by atoms with Gasteiger partial charge in [0.15, 0.2) is 0 Å². The van der Waals surface area contributed by atoms with E-state index in [1.807, 2.05) is 19.1 Å². The number of hydrogen-bond donors (Lipinski definition) is 2. The lowest BCUT2D eigenvalue weighted by molar-refractivity contribution is 0.0733. The van der Waals surface area contributed by atoms with Crippen LogP contribution in [0.5, 0.6) is 11.5 Å². The minimum atomic E-state index is -0.548. The van der Waals surface area contributed by atoms with Gasteiger partial charge in [0.2, 0.25) is 0 Å². The standard InChI is InChI=1S/C30H24BrN3O5/c1-19-3-5-20(6-4-19)28(35)33-25-12-7-21(8-13-25)29(36)34-32-18-23-17-24(31)11-16-27(23)39-30(37)22-9-14-26(38-2)15-10-22/h3-18H,1-2H3,(H,33,35)(H,34,36)/b32-18-. The summed E-state index contributed by atoms with van der Waals surface area (Å²) in [4.78, 5) is 37.6. The molecule has 4 rings (SSSR count). The molecule has 0 saturated heterocycles. The highest BCUT2D eigenvalue weighted by molar-refractivity contribution is 9.10. The van der Waals surface area contributed by atoms with Crippen LogP contribution in [0.1, 0.15) is 42.2 Å². The maximum atomic E-state index is 12.6. The van der Waals surface area contributed by atoms with Crippen molar-refractivity contribution in [2.24, 2.45) is 5.10 Å². The number of benzene rings is 4. The highest BCUT2D eigenvalue weighted by Crippen LogP contribution is 2.23. The van der Waals surface area contributed by atoms with Crippen molar-refractivity contribution in [3.8, 4) is 11.5 Å². The summed E-state index contributed by atoms with van der Waals surface area (Å²) in [5, 5.41) is 6.82. The van der Waals surface area contributed by atoms with E-state index in [1.54, 1.807) is 86.0 Å². The number of aryl methyl sites for hydroxylation is 1. The van der Waals surface area contributed by atoms with Crippen LogP contribution in [0.2, 0.25) is 0 Å². The molecule has 0 unspecified atom stereocenters. The number of nitrogens with one attached hydrogen (secondary N) is 2. The van der Waals surface area contributed by atoms with Crippen molar-refractivity contribution in [2.45, 2.75) is 6.92 Å². The van der Waals surface area contributed by atoms with Gasteiger partial charge < -0.3 is 14.8 Å². The highest BCUT2D eigenvalue weighted by atomic mass is 79.9. The van der Waals surface area contributed by atoms with E-state index in [4.69, 9.17) is 9.47 Å². The number of carbonyl (C=O) groups is 3. The van der Waals surface area contributed by atoms with E-state index < -0.39 is 11.9 Å². The van der Waals surface area contributed by atoms with E-state index in [1.165, 1.54) is 6.21 Å². The average Bonchev–Trinajstić information content (AvgIpc) is 2.95. The molecule has 196 valence electrons. The number of ether oxygens (including phenoxy) is 2. The second-order valence-corrected chi connectivity index (χ2v) is 9.31. The van der Waals surface area contributed by atoms with E-state index in [0.29, 0.717) is 33.7 Å². The maximum Gasteiger partial charge on any atom is 0.343 e. The number of nitrogens with zero attached hydrogens (tertiary/aromatic N) is 1. The molecule has 0 aliphatic heterocycles. The normalized spacial score (nSPS) is 10.6. The Kier molecular flexibility index (Phi) is 8.86. The number of anilines is 1. The fourth-order valence-corrected chi connectivity index (χ4v) is 3.82. The van der Waals surface area contributed by atoms with Crippen LogP contribution in [-0.4, -0.2) is 31.1 Å². The Morgan fingerprint density at radius 1 is 0.795 bits per heavy atom. The summed E-state index contributed by atoms with van der Waals surface area (Å²) in [7, 11) is 1.54. The fraction of sp³-hybridized carbons (Fsp3) is 0.0667. The lowest BCUT2D eigenvalue weighted by Crippen LogP contribution is -2.18. The van der Waals surface area contributed by atoms with Crippen LogP contribution in [0.3, 0.4) is 0 Å². The second-order valence-electron chi connectivity index (χ2n) is 8.40. The topological polar surface area (TPSA) is 106 Å². The Bertz CT molecular complexity index is 1520. The van der Waals surface area contributed by atoms with Crippen molar-refractivity contribution >= 4 is 45.6 Å². The van der Waals surface area contributed by atoms with Crippen LogP contribution in [0.4, 0.5) is 5.69 Å². The van der Waals surface area contributed by atoms with Crippen molar-refractivity contribution in [2.75, 3.05) is 12.4 Å². The number of rotatable bonds is 8. The fourth-order valence-electron chi connectivity index (χ4n) is 3.44. The Morgan fingerprint density at radius 3 is 2.08 bits per heavy atom. The smallest absolute Gasteiger partial charge is 0.343 e. The molecule has 0 aliphatic rings. The first-order valence-corrected chi connectivity index (χ1v) is 12.6. The van der Waals surface area contributed by atoms with Gasteiger partial charge in [-0.05, 0) is 85.8 Å². The van der Waals surface area contributed by atoms with E-state index in [9.17, 15) is 14.4 Å². The van der Waals surface area contributed by atoms with Gasteiger partial charge in [0.1, 0.15) is 11.5 Å². The Hall–Kier alpha value is -4.76. The zero-order valence-corrected chi connectivity index (χ0v) is 22.7. The molecule has 0 radical (unpaired) electrons. The third kappa shape index (κ3) is 7.39. The molecule has 0 atom stereocenters. The molecule has 39 heavy (non-hydrogen) atoms. The Labute approximate surface area is 233 Å². The molecule has 4 aromatic rings. The van der Waals surface area contributed by atoms with Gasteiger partial charge in [0.05, 0.1) is 18.9 Å². The molecule has 4 aromatic carbocycles. The first-order chi connectivity index (χ1) is 18.8. The highest BCUT2D eigenvalue weighted by Gasteiger charge is 2.13. The summed E-state index contributed by atoms with van der Waals surface area (Å²) >= 11 is 3.39. The minimum absolute atomic E-state index is 0.241. The molecule has 0 heterocycles. The molecule has 0 fully saturated rings. The van der Waals surface area contributed by atoms with Crippen LogP contribution in [-0.2, 0) is 0 Å². The van der Waals surface area contributed by atoms with Gasteiger partial charge in [-0.2, -0.15) is 5.10 Å². The van der Waals surface area contributed by atoms with E-state index >= 15 is 0 Å². The molecule has 9 heteroatoms. The van der Waals surface area contributed by atoms with Gasteiger partial charge in [-0.3, -0.25) is 9.59 Å². The van der Waals surface area contributed by atoms with Gasteiger partial charge >= 0.3 is 5.97 Å². The van der Waals surface area contributed by atoms with Gasteiger partial charge in [-0.1, -0.05) is 33.6 Å². The molecule has 0 bridgehead atoms. The molecular weight excluding hydrogens is 562 g/mol. The number of amides is 2. The number of esters is 1. The molecule has 2 N–H and O–H groups in total. The van der Waals surface area contributed by atoms with Gasteiger partial charge in [0, 0.05) is 26.9 Å². The number of hydrazone groups is 1. The molecule has 0 saturated carbocycles. The second kappa shape index (κ2) is 12.7. The monoisotopic (exact) mass is 585 g/mol. The van der Waals surface area contributed by atoms with Crippen molar-refractivity contribution in [3.05, 3.63) is 123 Å². The van der Waals surface area contributed by atoms with Gasteiger partial charge in [-0.25, -0.2) is 10.2 Å². The van der Waals surface area contributed by atoms with E-state index in [-0.39, 0.29) is 11.7 Å². The third-order valence-electron chi connectivity index (χ3n) is 5.59. The summed E-state index contributed by atoms with van der Waals surface area (Å²) in [5.74, 6) is -0.344. The zero-order chi connectivity index (χ0) is 27.8. The van der Waals surface area contributed by atoms with Gasteiger partial charge in [0.25, 0.3) is 11.8 Å². The quantitative estimate of drug-likeness (QED) is 0.114. The summed E-state index contributed by atoms with van der Waals surface area (Å²) in [6, 6.07) is 25.3. The molecular formula is C30H24BrN3O5. The molecule has 8 nitrogen and oxygen atoms in total. The van der Waals surface area contributed by atoms with Crippen LogP contribution >= 0.6 is 15.9 Å².